The normalized spacial score (nSPS) is 22.7. The largest absolute Gasteiger partial charge is 0.353 e. The smallest absolute Gasteiger partial charge is 0.256 e. The number of guanidine groups is 1. The molecule has 1 unspecified atom stereocenters. The molecular formula is C13H14BrN3O. The molecule has 1 atom stereocenters. The monoisotopic (exact) mass is 307 g/mol. The fraction of sp³-hybridized carbons (Fsp3) is 0.385. The minimum atomic E-state index is -0.418. The third kappa shape index (κ3) is 2.27. The Morgan fingerprint density at radius 2 is 2.22 bits per heavy atom. The third-order valence-electron chi connectivity index (χ3n) is 3.16. The van der Waals surface area contributed by atoms with E-state index in [0.29, 0.717) is 12.0 Å². The van der Waals surface area contributed by atoms with E-state index in [1.54, 1.807) is 0 Å². The first-order valence-corrected chi connectivity index (χ1v) is 6.84. The molecule has 0 radical (unpaired) electrons. The van der Waals surface area contributed by atoms with Crippen LogP contribution in [0, 0.1) is 6.92 Å². The topological polar surface area (TPSA) is 53.5 Å². The van der Waals surface area contributed by atoms with Crippen molar-refractivity contribution in [3.8, 4) is 0 Å². The van der Waals surface area contributed by atoms with E-state index in [9.17, 15) is 4.79 Å². The van der Waals surface area contributed by atoms with E-state index in [2.05, 4.69) is 31.6 Å². The average Bonchev–Trinajstić information content (AvgIpc) is 3.06. The van der Waals surface area contributed by atoms with Crippen molar-refractivity contribution in [2.45, 2.75) is 31.8 Å². The number of carbonyl (C=O) groups is 1. The molecule has 1 fully saturated rings. The summed E-state index contributed by atoms with van der Waals surface area (Å²) >= 11 is 3.46. The molecular weight excluding hydrogens is 294 g/mol. The first-order valence-electron chi connectivity index (χ1n) is 6.05. The number of aryl methyl sites for hydroxylation is 1. The van der Waals surface area contributed by atoms with Gasteiger partial charge in [-0.1, -0.05) is 28.1 Å². The van der Waals surface area contributed by atoms with E-state index in [1.807, 2.05) is 25.1 Å². The van der Waals surface area contributed by atoms with Crippen molar-refractivity contribution in [1.82, 2.24) is 10.6 Å². The molecule has 1 aromatic carbocycles. The van der Waals surface area contributed by atoms with Gasteiger partial charge in [-0.3, -0.25) is 10.1 Å². The number of carbonyl (C=O) groups excluding carboxylic acids is 1. The summed E-state index contributed by atoms with van der Waals surface area (Å²) in [7, 11) is 0. The summed E-state index contributed by atoms with van der Waals surface area (Å²) < 4.78 is 1.05. The quantitative estimate of drug-likeness (QED) is 0.878. The molecule has 1 amide bonds. The van der Waals surface area contributed by atoms with E-state index >= 15 is 0 Å². The molecule has 3 rings (SSSR count). The lowest BCUT2D eigenvalue weighted by Crippen LogP contribution is -2.37. The highest BCUT2D eigenvalue weighted by Crippen LogP contribution is 2.26. The molecule has 0 aromatic heterocycles. The third-order valence-corrected chi connectivity index (χ3v) is 4.05. The van der Waals surface area contributed by atoms with E-state index in [4.69, 9.17) is 0 Å². The van der Waals surface area contributed by atoms with Gasteiger partial charge in [-0.2, -0.15) is 0 Å². The minimum Gasteiger partial charge on any atom is -0.353 e. The van der Waals surface area contributed by atoms with Crippen LogP contribution >= 0.6 is 15.9 Å². The van der Waals surface area contributed by atoms with Gasteiger partial charge < -0.3 is 5.32 Å². The molecule has 1 aliphatic heterocycles. The Morgan fingerprint density at radius 3 is 2.89 bits per heavy atom. The van der Waals surface area contributed by atoms with Crippen LogP contribution in [0.2, 0.25) is 0 Å². The summed E-state index contributed by atoms with van der Waals surface area (Å²) in [4.78, 5) is 16.3. The van der Waals surface area contributed by atoms with Gasteiger partial charge in [0.05, 0.1) is 0 Å². The SMILES string of the molecule is Cc1cc(C2N=C(NC3CC3)NC2=O)ccc1Br. The lowest BCUT2D eigenvalue weighted by molar-refractivity contribution is -0.120. The average molecular weight is 308 g/mol. The van der Waals surface area contributed by atoms with Crippen LogP contribution in [-0.2, 0) is 4.79 Å². The van der Waals surface area contributed by atoms with Gasteiger partial charge in [-0.15, -0.1) is 0 Å². The highest BCUT2D eigenvalue weighted by atomic mass is 79.9. The Balaban J connectivity index is 1.83. The lowest BCUT2D eigenvalue weighted by Gasteiger charge is -2.06. The zero-order valence-electron chi connectivity index (χ0n) is 10.0. The molecule has 1 aromatic rings. The number of nitrogens with zero attached hydrogens (tertiary/aromatic N) is 1. The molecule has 18 heavy (non-hydrogen) atoms. The van der Waals surface area contributed by atoms with E-state index in [1.165, 1.54) is 0 Å². The highest BCUT2D eigenvalue weighted by molar-refractivity contribution is 9.10. The highest BCUT2D eigenvalue weighted by Gasteiger charge is 2.31. The van der Waals surface area contributed by atoms with Crippen molar-refractivity contribution < 1.29 is 4.79 Å². The van der Waals surface area contributed by atoms with Gasteiger partial charge in [-0.05, 0) is 37.0 Å². The van der Waals surface area contributed by atoms with Gasteiger partial charge in [0, 0.05) is 10.5 Å². The van der Waals surface area contributed by atoms with Gasteiger partial charge in [0.15, 0.2) is 12.0 Å². The summed E-state index contributed by atoms with van der Waals surface area (Å²) in [5, 5.41) is 6.01. The second-order valence-electron chi connectivity index (χ2n) is 4.80. The predicted molar refractivity (Wildman–Crippen MR) is 73.4 cm³/mol. The predicted octanol–water partition coefficient (Wildman–Crippen LogP) is 2.04. The van der Waals surface area contributed by atoms with Crippen molar-refractivity contribution >= 4 is 27.8 Å². The van der Waals surface area contributed by atoms with Crippen molar-refractivity contribution in [3.05, 3.63) is 33.8 Å². The molecule has 0 bridgehead atoms. The number of halogens is 1. The zero-order valence-corrected chi connectivity index (χ0v) is 11.6. The van der Waals surface area contributed by atoms with Gasteiger partial charge in [0.2, 0.25) is 0 Å². The van der Waals surface area contributed by atoms with Crippen LogP contribution < -0.4 is 10.6 Å². The number of nitrogens with one attached hydrogen (secondary N) is 2. The van der Waals surface area contributed by atoms with Crippen LogP contribution in [-0.4, -0.2) is 17.9 Å². The molecule has 1 saturated carbocycles. The first-order chi connectivity index (χ1) is 8.63. The van der Waals surface area contributed by atoms with Crippen molar-refractivity contribution in [2.75, 3.05) is 0 Å². The Bertz CT molecular complexity index is 537. The van der Waals surface area contributed by atoms with Crippen LogP contribution in [0.1, 0.15) is 30.0 Å². The second-order valence-corrected chi connectivity index (χ2v) is 5.65. The second kappa shape index (κ2) is 4.39. The van der Waals surface area contributed by atoms with E-state index < -0.39 is 6.04 Å². The summed E-state index contributed by atoms with van der Waals surface area (Å²) in [6.07, 6.45) is 2.33. The molecule has 4 nitrogen and oxygen atoms in total. The van der Waals surface area contributed by atoms with E-state index in [0.717, 1.165) is 28.4 Å². The van der Waals surface area contributed by atoms with Crippen LogP contribution in [0.5, 0.6) is 0 Å². The maximum absolute atomic E-state index is 11.9. The summed E-state index contributed by atoms with van der Waals surface area (Å²) in [5.74, 6) is 0.563. The van der Waals surface area contributed by atoms with Gasteiger partial charge in [0.1, 0.15) is 0 Å². The standard InChI is InChI=1S/C13H14BrN3O/c1-7-6-8(2-5-10(7)14)11-12(18)17-13(16-11)15-9-3-4-9/h2,5-6,9,11H,3-4H2,1H3,(H2,15,16,17,18). The number of hydrogen-bond acceptors (Lipinski definition) is 3. The van der Waals surface area contributed by atoms with Crippen molar-refractivity contribution in [2.24, 2.45) is 4.99 Å². The molecule has 1 heterocycles. The minimum absolute atomic E-state index is 0.0557. The Labute approximate surface area is 114 Å². The molecule has 2 N–H and O–H groups in total. The molecule has 1 aliphatic carbocycles. The Morgan fingerprint density at radius 1 is 1.44 bits per heavy atom. The van der Waals surface area contributed by atoms with E-state index in [-0.39, 0.29) is 5.91 Å². The molecule has 0 spiro atoms. The Kier molecular flexibility index (Phi) is 2.86. The summed E-state index contributed by atoms with van der Waals surface area (Å²) in [6, 6.07) is 5.97. The van der Waals surface area contributed by atoms with Gasteiger partial charge in [0.25, 0.3) is 5.91 Å². The molecule has 94 valence electrons. The fourth-order valence-electron chi connectivity index (χ4n) is 1.96. The first kappa shape index (κ1) is 11.7. The van der Waals surface area contributed by atoms with Crippen LogP contribution in [0.4, 0.5) is 0 Å². The van der Waals surface area contributed by atoms with Crippen molar-refractivity contribution in [3.63, 3.8) is 0 Å². The number of aliphatic imine (C=N–C) groups is 1. The summed E-state index contributed by atoms with van der Waals surface area (Å²) in [5.41, 5.74) is 2.04. The lowest BCUT2D eigenvalue weighted by atomic mass is 10.1. The zero-order chi connectivity index (χ0) is 12.7. The molecule has 2 aliphatic rings. The van der Waals surface area contributed by atoms with Gasteiger partial charge in [-0.25, -0.2) is 4.99 Å². The molecule has 0 saturated heterocycles. The van der Waals surface area contributed by atoms with Crippen LogP contribution in [0.25, 0.3) is 0 Å². The summed E-state index contributed by atoms with van der Waals surface area (Å²) in [6.45, 7) is 2.01. The maximum Gasteiger partial charge on any atom is 0.256 e. The number of rotatable bonds is 2. The van der Waals surface area contributed by atoms with Gasteiger partial charge >= 0.3 is 0 Å². The van der Waals surface area contributed by atoms with Crippen LogP contribution in [0.15, 0.2) is 27.7 Å². The van der Waals surface area contributed by atoms with Crippen LogP contribution in [0.3, 0.4) is 0 Å². The molecule has 5 heteroatoms. The fourth-order valence-corrected chi connectivity index (χ4v) is 2.21. The van der Waals surface area contributed by atoms with Crippen molar-refractivity contribution in [1.29, 1.82) is 0 Å². The maximum atomic E-state index is 11.9. The number of benzene rings is 1. The number of amides is 1. The Hall–Kier alpha value is -1.36. The number of hydrogen-bond donors (Lipinski definition) is 2.